The molecule has 3 nitrogen and oxygen atoms in total. The van der Waals surface area contributed by atoms with E-state index in [0.29, 0.717) is 11.6 Å². The molecule has 2 aromatic rings. The highest BCUT2D eigenvalue weighted by Crippen LogP contribution is 2.34. The van der Waals surface area contributed by atoms with Crippen LogP contribution < -0.4 is 5.32 Å². The number of anilines is 1. The topological polar surface area (TPSA) is 34.0 Å². The molecule has 0 saturated carbocycles. The van der Waals surface area contributed by atoms with Gasteiger partial charge in [0.1, 0.15) is 0 Å². The first-order valence-corrected chi connectivity index (χ1v) is 8.23. The summed E-state index contributed by atoms with van der Waals surface area (Å²) >= 11 is 0. The molecule has 0 spiro atoms. The van der Waals surface area contributed by atoms with Crippen LogP contribution in [0.1, 0.15) is 54.6 Å². The summed E-state index contributed by atoms with van der Waals surface area (Å²) in [6.45, 7) is 6.27. The molecule has 1 aromatic heterocycles. The van der Waals surface area contributed by atoms with Gasteiger partial charge in [-0.2, -0.15) is 26.7 Å². The number of para-hydroxylation sites is 1. The minimum atomic E-state index is -4.57. The number of carbonyl (C=O) groups excluding carboxylic acids is 1. The number of amides is 1. The molecule has 26 heavy (non-hydrogen) atoms. The lowest BCUT2D eigenvalue weighted by atomic mass is 9.91. The quantitative estimate of drug-likeness (QED) is 0.717. The largest absolute Gasteiger partial charge is 0.418 e. The maximum Gasteiger partial charge on any atom is 0.418 e. The lowest BCUT2D eigenvalue weighted by Gasteiger charge is -2.19. The Morgan fingerprint density at radius 1 is 1.15 bits per heavy atom. The molecule has 7 heteroatoms. The van der Waals surface area contributed by atoms with Crippen LogP contribution >= 0.6 is 13.5 Å². The summed E-state index contributed by atoms with van der Waals surface area (Å²) in [6.07, 6.45) is -1.54. The molecule has 1 amide bonds. The first-order chi connectivity index (χ1) is 11.6. The second-order valence-electron chi connectivity index (χ2n) is 6.82. The number of alkyl halides is 3. The van der Waals surface area contributed by atoms with E-state index in [-0.39, 0.29) is 25.0 Å². The smallest absolute Gasteiger partial charge is 0.356 e. The highest BCUT2D eigenvalue weighted by atomic mass is 32.1. The average Bonchev–Trinajstić information content (AvgIpc) is 2.89. The van der Waals surface area contributed by atoms with Gasteiger partial charge in [-0.3, -0.25) is 4.79 Å². The molecule has 0 aliphatic heterocycles. The molecule has 1 aromatic carbocycles. The summed E-state index contributed by atoms with van der Waals surface area (Å²) in [6, 6.07) is 7.25. The third-order valence-corrected chi connectivity index (χ3v) is 4.07. The zero-order chi connectivity index (χ0) is 18.8. The number of carbonyl (C=O) groups is 1. The maximum atomic E-state index is 13.1. The van der Waals surface area contributed by atoms with Crippen LogP contribution in [0, 0.1) is 5.92 Å². The van der Waals surface area contributed by atoms with Gasteiger partial charge in [-0.05, 0) is 29.9 Å². The Bertz CT molecular complexity index is 753. The van der Waals surface area contributed by atoms with E-state index >= 15 is 0 Å². The van der Waals surface area contributed by atoms with Gasteiger partial charge in [-0.25, -0.2) is 0 Å². The molecular formula is C19H25F3N2OS. The van der Waals surface area contributed by atoms with Gasteiger partial charge in [0.15, 0.2) is 0 Å². The van der Waals surface area contributed by atoms with Crippen molar-refractivity contribution in [2.45, 2.75) is 39.3 Å². The molecule has 144 valence electrons. The molecule has 0 saturated heterocycles. The summed E-state index contributed by atoms with van der Waals surface area (Å²) in [4.78, 5) is 12.5. The molecule has 1 heterocycles. The number of aryl methyl sites for hydroxylation is 1. The van der Waals surface area contributed by atoms with Crippen molar-refractivity contribution < 1.29 is 18.0 Å². The van der Waals surface area contributed by atoms with Gasteiger partial charge in [0, 0.05) is 25.1 Å². The third-order valence-electron chi connectivity index (χ3n) is 4.07. The predicted octanol–water partition coefficient (Wildman–Crippen LogP) is 5.56. The van der Waals surface area contributed by atoms with Gasteiger partial charge in [-0.15, -0.1) is 0 Å². The fraction of sp³-hybridized carbons (Fsp3) is 0.421. The fourth-order valence-electron chi connectivity index (χ4n) is 3.05. The zero-order valence-corrected chi connectivity index (χ0v) is 16.3. The van der Waals surface area contributed by atoms with Crippen LogP contribution in [0.2, 0.25) is 0 Å². The number of benzene rings is 1. The van der Waals surface area contributed by atoms with E-state index < -0.39 is 17.6 Å². The van der Waals surface area contributed by atoms with Gasteiger partial charge < -0.3 is 9.88 Å². The summed E-state index contributed by atoms with van der Waals surface area (Å²) in [7, 11) is 1.46. The van der Waals surface area contributed by atoms with Crippen molar-refractivity contribution in [3.8, 4) is 0 Å². The minimum Gasteiger partial charge on any atom is -0.356 e. The molecule has 0 aliphatic rings. The molecule has 0 aliphatic carbocycles. The van der Waals surface area contributed by atoms with Crippen LogP contribution in [0.3, 0.4) is 0 Å². The Balaban J connectivity index is 0.00000338. The van der Waals surface area contributed by atoms with Gasteiger partial charge in [-0.1, -0.05) is 39.0 Å². The lowest BCUT2D eigenvalue weighted by molar-refractivity contribution is -0.137. The fourth-order valence-corrected chi connectivity index (χ4v) is 3.05. The molecule has 0 radical (unpaired) electrons. The number of nitrogens with one attached hydrogen (secondary N) is 1. The number of hydrogen-bond donors (Lipinski definition) is 1. The number of halogens is 3. The van der Waals surface area contributed by atoms with Crippen LogP contribution in [0.25, 0.3) is 0 Å². The third kappa shape index (κ3) is 5.30. The van der Waals surface area contributed by atoms with E-state index in [2.05, 4.69) is 26.1 Å². The zero-order valence-electron chi connectivity index (χ0n) is 15.3. The van der Waals surface area contributed by atoms with Crippen molar-refractivity contribution in [2.75, 3.05) is 5.32 Å². The Morgan fingerprint density at radius 2 is 1.77 bits per heavy atom. The first kappa shape index (κ1) is 22.2. The van der Waals surface area contributed by atoms with Gasteiger partial charge >= 0.3 is 6.18 Å². The molecule has 0 unspecified atom stereocenters. The van der Waals surface area contributed by atoms with Crippen LogP contribution in [0.5, 0.6) is 0 Å². The van der Waals surface area contributed by atoms with E-state index in [4.69, 9.17) is 0 Å². The molecular weight excluding hydrogens is 361 g/mol. The highest BCUT2D eigenvalue weighted by molar-refractivity contribution is 7.59. The summed E-state index contributed by atoms with van der Waals surface area (Å²) in [5, 5.41) is 2.65. The summed E-state index contributed by atoms with van der Waals surface area (Å²) in [5.41, 5.74) is 0.174. The van der Waals surface area contributed by atoms with Crippen LogP contribution in [0.4, 0.5) is 18.9 Å². The van der Waals surface area contributed by atoms with Crippen molar-refractivity contribution in [3.05, 3.63) is 53.3 Å². The Labute approximate surface area is 159 Å². The standard InChI is InChI=1S/C19H23F3N2O.H2S/c1-12(2)9-13(3)14-7-5-6-8-17(14)23-18(25)15-10-24(4)11-16(15)19(20,21)22;/h5-8,10-13H,9H2,1-4H3,(H,23,25);1H2/t13-;/m0./s1. The second kappa shape index (κ2) is 8.66. The maximum absolute atomic E-state index is 13.1. The molecule has 1 atom stereocenters. The van der Waals surface area contributed by atoms with Crippen LogP contribution in [-0.2, 0) is 13.2 Å². The first-order valence-electron chi connectivity index (χ1n) is 8.23. The van der Waals surface area contributed by atoms with Gasteiger partial charge in [0.05, 0.1) is 11.1 Å². The average molecular weight is 386 g/mol. The van der Waals surface area contributed by atoms with Crippen molar-refractivity contribution in [1.82, 2.24) is 4.57 Å². The Morgan fingerprint density at radius 3 is 2.35 bits per heavy atom. The van der Waals surface area contributed by atoms with E-state index in [1.807, 2.05) is 12.1 Å². The van der Waals surface area contributed by atoms with Crippen LogP contribution in [0.15, 0.2) is 36.7 Å². The Kier molecular flexibility index (Phi) is 7.38. The highest BCUT2D eigenvalue weighted by Gasteiger charge is 2.36. The number of rotatable bonds is 5. The SMILES string of the molecule is CC(C)C[C@H](C)c1ccccc1NC(=O)c1cn(C)cc1C(F)(F)F.S. The van der Waals surface area contributed by atoms with Gasteiger partial charge in [0.25, 0.3) is 5.91 Å². The van der Waals surface area contributed by atoms with E-state index in [0.717, 1.165) is 18.2 Å². The summed E-state index contributed by atoms with van der Waals surface area (Å²) in [5.74, 6) is -0.0869. The van der Waals surface area contributed by atoms with E-state index in [1.165, 1.54) is 17.8 Å². The van der Waals surface area contributed by atoms with Crippen molar-refractivity contribution in [2.24, 2.45) is 13.0 Å². The molecule has 0 fully saturated rings. The van der Waals surface area contributed by atoms with E-state index in [1.54, 1.807) is 12.1 Å². The predicted molar refractivity (Wildman–Crippen MR) is 103 cm³/mol. The normalized spacial score (nSPS) is 12.6. The Hall–Kier alpha value is -1.89. The molecule has 2 rings (SSSR count). The van der Waals surface area contributed by atoms with Crippen molar-refractivity contribution in [3.63, 3.8) is 0 Å². The van der Waals surface area contributed by atoms with Crippen molar-refractivity contribution in [1.29, 1.82) is 0 Å². The monoisotopic (exact) mass is 386 g/mol. The minimum absolute atomic E-state index is 0. The lowest BCUT2D eigenvalue weighted by Crippen LogP contribution is -2.18. The van der Waals surface area contributed by atoms with Gasteiger partial charge in [0.2, 0.25) is 0 Å². The van der Waals surface area contributed by atoms with Crippen molar-refractivity contribution >= 4 is 25.1 Å². The van der Waals surface area contributed by atoms with Crippen LogP contribution in [-0.4, -0.2) is 10.5 Å². The number of aromatic nitrogens is 1. The molecule has 0 bridgehead atoms. The van der Waals surface area contributed by atoms with E-state index in [9.17, 15) is 18.0 Å². The number of nitrogens with zero attached hydrogens (tertiary/aromatic N) is 1. The molecule has 1 N–H and O–H groups in total. The number of hydrogen-bond acceptors (Lipinski definition) is 1. The summed E-state index contributed by atoms with van der Waals surface area (Å²) < 4.78 is 40.6. The second-order valence-corrected chi connectivity index (χ2v) is 6.82.